The van der Waals surface area contributed by atoms with E-state index in [1.807, 2.05) is 36.9 Å². The van der Waals surface area contributed by atoms with Gasteiger partial charge < -0.3 is 9.80 Å². The van der Waals surface area contributed by atoms with Gasteiger partial charge in [0.2, 0.25) is 0 Å². The zero-order valence-corrected chi connectivity index (χ0v) is 12.9. The normalized spacial score (nSPS) is 15.0. The summed E-state index contributed by atoms with van der Waals surface area (Å²) in [6.07, 6.45) is 1.65. The first-order valence-corrected chi connectivity index (χ1v) is 7.41. The van der Waals surface area contributed by atoms with Gasteiger partial charge in [-0.25, -0.2) is 9.97 Å². The fourth-order valence-electron chi connectivity index (χ4n) is 2.65. The Kier molecular flexibility index (Phi) is 4.00. The number of aryl methyl sites for hydroxylation is 2. The van der Waals surface area contributed by atoms with Crippen LogP contribution in [0.1, 0.15) is 22.0 Å². The van der Waals surface area contributed by atoms with Crippen molar-refractivity contribution in [2.75, 3.05) is 31.1 Å². The first kappa shape index (κ1) is 14.4. The second-order valence-corrected chi connectivity index (χ2v) is 5.41. The third kappa shape index (κ3) is 3.05. The summed E-state index contributed by atoms with van der Waals surface area (Å²) in [5.41, 5.74) is 1.47. The predicted molar refractivity (Wildman–Crippen MR) is 83.9 cm³/mol. The van der Waals surface area contributed by atoms with E-state index in [2.05, 4.69) is 19.9 Å². The lowest BCUT2D eigenvalue weighted by atomic mass is 10.2. The highest BCUT2D eigenvalue weighted by atomic mass is 16.2. The van der Waals surface area contributed by atoms with Gasteiger partial charge in [-0.3, -0.25) is 9.78 Å². The quantitative estimate of drug-likeness (QED) is 0.839. The van der Waals surface area contributed by atoms with Crippen molar-refractivity contribution in [3.63, 3.8) is 0 Å². The van der Waals surface area contributed by atoms with Gasteiger partial charge in [0.15, 0.2) is 0 Å². The molecule has 2 aromatic heterocycles. The summed E-state index contributed by atoms with van der Waals surface area (Å²) in [7, 11) is 0. The lowest BCUT2D eigenvalue weighted by molar-refractivity contribution is 0.0740. The number of carbonyl (C=O) groups is 1. The van der Waals surface area contributed by atoms with Gasteiger partial charge in [-0.05, 0) is 26.0 Å². The molecule has 6 nitrogen and oxygen atoms in total. The smallest absolute Gasteiger partial charge is 0.272 e. The van der Waals surface area contributed by atoms with Gasteiger partial charge in [-0.15, -0.1) is 0 Å². The molecule has 6 heteroatoms. The molecular weight excluding hydrogens is 278 g/mol. The number of hydrogen-bond acceptors (Lipinski definition) is 5. The maximum Gasteiger partial charge on any atom is 0.272 e. The molecule has 0 aromatic carbocycles. The van der Waals surface area contributed by atoms with E-state index in [0.717, 1.165) is 30.4 Å². The summed E-state index contributed by atoms with van der Waals surface area (Å²) >= 11 is 0. The van der Waals surface area contributed by atoms with Crippen LogP contribution >= 0.6 is 0 Å². The molecule has 114 valence electrons. The van der Waals surface area contributed by atoms with Crippen LogP contribution in [-0.2, 0) is 0 Å². The molecule has 1 aliphatic rings. The number of hydrogen-bond donors (Lipinski definition) is 0. The summed E-state index contributed by atoms with van der Waals surface area (Å²) in [6.45, 7) is 6.77. The van der Waals surface area contributed by atoms with Crippen LogP contribution in [-0.4, -0.2) is 51.9 Å². The number of pyridine rings is 1. The third-order valence-corrected chi connectivity index (χ3v) is 3.73. The molecule has 0 radical (unpaired) electrons. The van der Waals surface area contributed by atoms with E-state index in [1.165, 1.54) is 0 Å². The van der Waals surface area contributed by atoms with E-state index in [1.54, 1.807) is 12.3 Å². The molecule has 2 aromatic rings. The Balaban J connectivity index is 1.66. The summed E-state index contributed by atoms with van der Waals surface area (Å²) < 4.78 is 0. The van der Waals surface area contributed by atoms with Gasteiger partial charge in [-0.2, -0.15) is 0 Å². The SMILES string of the molecule is Cc1cc(N2CCN(C(=O)c3ccccn3)CC2)nc(C)n1. The highest BCUT2D eigenvalue weighted by Gasteiger charge is 2.23. The van der Waals surface area contributed by atoms with E-state index in [9.17, 15) is 4.79 Å². The van der Waals surface area contributed by atoms with Crippen molar-refractivity contribution in [1.29, 1.82) is 0 Å². The van der Waals surface area contributed by atoms with Crippen LogP contribution in [0.3, 0.4) is 0 Å². The molecular formula is C16H19N5O. The number of rotatable bonds is 2. The zero-order valence-electron chi connectivity index (χ0n) is 12.9. The third-order valence-electron chi connectivity index (χ3n) is 3.73. The van der Waals surface area contributed by atoms with Crippen LogP contribution in [0.2, 0.25) is 0 Å². The zero-order chi connectivity index (χ0) is 15.5. The molecule has 0 aliphatic carbocycles. The molecule has 0 spiro atoms. The van der Waals surface area contributed by atoms with Gasteiger partial charge >= 0.3 is 0 Å². The minimum Gasteiger partial charge on any atom is -0.353 e. The van der Waals surface area contributed by atoms with Crippen LogP contribution in [0.5, 0.6) is 0 Å². The first-order valence-electron chi connectivity index (χ1n) is 7.41. The average molecular weight is 297 g/mol. The summed E-state index contributed by atoms with van der Waals surface area (Å²) in [6, 6.07) is 7.40. The number of carbonyl (C=O) groups excluding carboxylic acids is 1. The lowest BCUT2D eigenvalue weighted by Crippen LogP contribution is -2.49. The second kappa shape index (κ2) is 6.09. The number of piperazine rings is 1. The molecule has 0 bridgehead atoms. The van der Waals surface area contributed by atoms with Crippen LogP contribution in [0.25, 0.3) is 0 Å². The van der Waals surface area contributed by atoms with Crippen molar-refractivity contribution < 1.29 is 4.79 Å². The molecule has 1 fully saturated rings. The Hall–Kier alpha value is -2.50. The lowest BCUT2D eigenvalue weighted by Gasteiger charge is -2.35. The highest BCUT2D eigenvalue weighted by Crippen LogP contribution is 2.15. The number of nitrogens with zero attached hydrogens (tertiary/aromatic N) is 5. The van der Waals surface area contributed by atoms with Crippen molar-refractivity contribution >= 4 is 11.7 Å². The molecule has 3 heterocycles. The molecule has 0 unspecified atom stereocenters. The van der Waals surface area contributed by atoms with E-state index >= 15 is 0 Å². The van der Waals surface area contributed by atoms with E-state index < -0.39 is 0 Å². The maximum absolute atomic E-state index is 12.4. The van der Waals surface area contributed by atoms with Crippen LogP contribution in [0.4, 0.5) is 5.82 Å². The van der Waals surface area contributed by atoms with Gasteiger partial charge in [0.1, 0.15) is 17.3 Å². The van der Waals surface area contributed by atoms with E-state index in [4.69, 9.17) is 0 Å². The van der Waals surface area contributed by atoms with Gasteiger partial charge in [-0.1, -0.05) is 6.07 Å². The Labute approximate surface area is 129 Å². The fourth-order valence-corrected chi connectivity index (χ4v) is 2.65. The number of anilines is 1. The van der Waals surface area contributed by atoms with Crippen molar-refractivity contribution in [1.82, 2.24) is 19.9 Å². The number of amides is 1. The largest absolute Gasteiger partial charge is 0.353 e. The van der Waals surface area contributed by atoms with Crippen molar-refractivity contribution in [2.45, 2.75) is 13.8 Å². The Morgan fingerprint density at radius 1 is 1.09 bits per heavy atom. The minimum absolute atomic E-state index is 0.00435. The Bertz CT molecular complexity index is 645. The fraction of sp³-hybridized carbons (Fsp3) is 0.375. The van der Waals surface area contributed by atoms with E-state index in [-0.39, 0.29) is 5.91 Å². The van der Waals surface area contributed by atoms with E-state index in [0.29, 0.717) is 18.8 Å². The van der Waals surface area contributed by atoms with Gasteiger partial charge in [0, 0.05) is 44.1 Å². The molecule has 1 aliphatic heterocycles. The summed E-state index contributed by atoms with van der Waals surface area (Å²) in [5.74, 6) is 1.72. The first-order chi connectivity index (χ1) is 10.6. The minimum atomic E-state index is -0.00435. The molecule has 0 saturated carbocycles. The van der Waals surface area contributed by atoms with Gasteiger partial charge in [0.25, 0.3) is 5.91 Å². The van der Waals surface area contributed by atoms with Gasteiger partial charge in [0.05, 0.1) is 0 Å². The van der Waals surface area contributed by atoms with Crippen molar-refractivity contribution in [2.24, 2.45) is 0 Å². The summed E-state index contributed by atoms with van der Waals surface area (Å²) in [5, 5.41) is 0. The maximum atomic E-state index is 12.4. The van der Waals surface area contributed by atoms with Crippen LogP contribution in [0.15, 0.2) is 30.5 Å². The number of aromatic nitrogens is 3. The average Bonchev–Trinajstić information content (AvgIpc) is 2.54. The van der Waals surface area contributed by atoms with Crippen LogP contribution in [0, 0.1) is 13.8 Å². The molecule has 0 N–H and O–H groups in total. The predicted octanol–water partition coefficient (Wildman–Crippen LogP) is 1.45. The molecule has 1 amide bonds. The summed E-state index contributed by atoms with van der Waals surface area (Å²) in [4.78, 5) is 29.3. The standard InChI is InChI=1S/C16H19N5O/c1-12-11-15(19-13(2)18-12)20-7-9-21(10-8-20)16(22)14-5-3-4-6-17-14/h3-6,11H,7-10H2,1-2H3. The molecule has 1 saturated heterocycles. The van der Waals surface area contributed by atoms with Crippen LogP contribution < -0.4 is 4.90 Å². The molecule has 3 rings (SSSR count). The highest BCUT2D eigenvalue weighted by molar-refractivity contribution is 5.92. The van der Waals surface area contributed by atoms with Crippen molar-refractivity contribution in [3.05, 3.63) is 47.7 Å². The molecule has 0 atom stereocenters. The monoisotopic (exact) mass is 297 g/mol. The molecule has 22 heavy (non-hydrogen) atoms. The topological polar surface area (TPSA) is 62.2 Å². The Morgan fingerprint density at radius 2 is 1.86 bits per heavy atom. The Morgan fingerprint density at radius 3 is 2.50 bits per heavy atom. The van der Waals surface area contributed by atoms with Crippen molar-refractivity contribution in [3.8, 4) is 0 Å². The second-order valence-electron chi connectivity index (χ2n) is 5.41.